The highest BCUT2D eigenvalue weighted by Gasteiger charge is 2.12. The van der Waals surface area contributed by atoms with Gasteiger partial charge in [-0.25, -0.2) is 0 Å². The fourth-order valence-electron chi connectivity index (χ4n) is 2.38. The smallest absolute Gasteiger partial charge is 0.292 e. The van der Waals surface area contributed by atoms with Gasteiger partial charge in [-0.1, -0.05) is 12.1 Å². The second-order valence-electron chi connectivity index (χ2n) is 5.69. The van der Waals surface area contributed by atoms with E-state index in [2.05, 4.69) is 16.0 Å². The number of nitrogens with zero attached hydrogens (tertiary/aromatic N) is 1. The highest BCUT2D eigenvalue weighted by Crippen LogP contribution is 2.22. The zero-order valence-electron chi connectivity index (χ0n) is 15.4. The van der Waals surface area contributed by atoms with Gasteiger partial charge in [-0.3, -0.25) is 19.7 Å². The Morgan fingerprint density at radius 3 is 2.43 bits per heavy atom. The van der Waals surface area contributed by atoms with E-state index < -0.39 is 4.92 Å². The Balaban J connectivity index is 1.70. The molecule has 0 saturated heterocycles. The molecule has 0 bridgehead atoms. The van der Waals surface area contributed by atoms with Crippen molar-refractivity contribution in [3.63, 3.8) is 0 Å². The molecule has 0 saturated carbocycles. The molecule has 0 unspecified atom stereocenters. The highest BCUT2D eigenvalue weighted by atomic mass is 16.6. The molecular formula is C19H22N4O5. The average Bonchev–Trinajstić information content (AvgIpc) is 2.70. The third-order valence-electron chi connectivity index (χ3n) is 3.70. The highest BCUT2D eigenvalue weighted by molar-refractivity contribution is 5.96. The molecule has 9 nitrogen and oxygen atoms in total. The summed E-state index contributed by atoms with van der Waals surface area (Å²) in [5.74, 6) is -0.0529. The third kappa shape index (κ3) is 6.27. The molecule has 2 aromatic rings. The minimum absolute atomic E-state index is 0.0311. The van der Waals surface area contributed by atoms with Gasteiger partial charge in [-0.05, 0) is 37.3 Å². The van der Waals surface area contributed by atoms with E-state index in [4.69, 9.17) is 4.74 Å². The van der Waals surface area contributed by atoms with Crippen molar-refractivity contribution in [3.8, 4) is 5.75 Å². The second-order valence-corrected chi connectivity index (χ2v) is 5.69. The molecule has 0 heterocycles. The lowest BCUT2D eigenvalue weighted by molar-refractivity contribution is -0.384. The number of carbonyl (C=O) groups is 2. The topological polar surface area (TPSA) is 123 Å². The lowest BCUT2D eigenvalue weighted by Gasteiger charge is -2.09. The molecule has 28 heavy (non-hydrogen) atoms. The third-order valence-corrected chi connectivity index (χ3v) is 3.70. The minimum atomic E-state index is -0.475. The maximum atomic E-state index is 12.0. The van der Waals surface area contributed by atoms with E-state index in [-0.39, 0.29) is 30.6 Å². The van der Waals surface area contributed by atoms with Crippen molar-refractivity contribution in [1.29, 1.82) is 0 Å². The Labute approximate surface area is 162 Å². The average molecular weight is 386 g/mol. The maximum Gasteiger partial charge on any atom is 0.292 e. The van der Waals surface area contributed by atoms with Gasteiger partial charge in [0.25, 0.3) is 11.6 Å². The van der Waals surface area contributed by atoms with Crippen LogP contribution in [0.15, 0.2) is 48.5 Å². The van der Waals surface area contributed by atoms with Crippen LogP contribution in [0.5, 0.6) is 5.75 Å². The summed E-state index contributed by atoms with van der Waals surface area (Å²) in [5.41, 5.74) is 0.774. The quantitative estimate of drug-likeness (QED) is 0.326. The molecule has 0 aromatic heterocycles. The molecule has 3 N–H and O–H groups in total. The number of hydrogen-bond acceptors (Lipinski definition) is 6. The molecule has 0 aliphatic carbocycles. The monoisotopic (exact) mass is 386 g/mol. The summed E-state index contributed by atoms with van der Waals surface area (Å²) in [6, 6.07) is 12.9. The first-order valence-electron chi connectivity index (χ1n) is 8.76. The first kappa shape index (κ1) is 20.7. The number of ether oxygens (including phenoxy) is 1. The maximum absolute atomic E-state index is 12.0. The van der Waals surface area contributed by atoms with Crippen molar-refractivity contribution in [2.45, 2.75) is 6.92 Å². The van der Waals surface area contributed by atoms with Crippen molar-refractivity contribution >= 4 is 23.2 Å². The molecule has 0 fully saturated rings. The summed E-state index contributed by atoms with van der Waals surface area (Å²) in [6.45, 7) is 2.80. The number of benzene rings is 2. The lowest BCUT2D eigenvalue weighted by atomic mass is 10.2. The van der Waals surface area contributed by atoms with E-state index in [9.17, 15) is 19.7 Å². The van der Waals surface area contributed by atoms with Gasteiger partial charge in [-0.2, -0.15) is 0 Å². The summed E-state index contributed by atoms with van der Waals surface area (Å²) in [4.78, 5) is 34.3. The van der Waals surface area contributed by atoms with E-state index in [0.29, 0.717) is 30.2 Å². The Morgan fingerprint density at radius 2 is 1.75 bits per heavy atom. The molecule has 0 aliphatic rings. The lowest BCUT2D eigenvalue weighted by Crippen LogP contribution is -2.38. The van der Waals surface area contributed by atoms with Crippen LogP contribution in [0.3, 0.4) is 0 Å². The van der Waals surface area contributed by atoms with Crippen molar-refractivity contribution < 1.29 is 19.2 Å². The summed E-state index contributed by atoms with van der Waals surface area (Å²) in [7, 11) is 0. The van der Waals surface area contributed by atoms with Crippen molar-refractivity contribution in [2.75, 3.05) is 31.6 Å². The molecule has 0 spiro atoms. The molecule has 0 atom stereocenters. The molecular weight excluding hydrogens is 364 g/mol. The molecule has 148 valence electrons. The Hall–Kier alpha value is -3.62. The Kier molecular flexibility index (Phi) is 7.77. The molecule has 2 rings (SSSR count). The number of nitro groups is 1. The van der Waals surface area contributed by atoms with E-state index >= 15 is 0 Å². The van der Waals surface area contributed by atoms with Gasteiger partial charge in [0.1, 0.15) is 11.4 Å². The first-order valence-corrected chi connectivity index (χ1v) is 8.76. The van der Waals surface area contributed by atoms with Crippen LogP contribution in [-0.2, 0) is 4.79 Å². The molecule has 0 aliphatic heterocycles. The van der Waals surface area contributed by atoms with Gasteiger partial charge < -0.3 is 20.7 Å². The number of para-hydroxylation sites is 2. The SMILES string of the molecule is CCOc1ccc(C(=O)NCC(=O)NCCNc2ccccc2[N+](=O)[O-])cc1. The molecule has 2 aromatic carbocycles. The first-order chi connectivity index (χ1) is 13.5. The van der Waals surface area contributed by atoms with Crippen LogP contribution < -0.4 is 20.7 Å². The number of nitrogens with one attached hydrogen (secondary N) is 3. The molecule has 9 heteroatoms. The van der Waals surface area contributed by atoms with Crippen LogP contribution in [-0.4, -0.2) is 43.0 Å². The summed E-state index contributed by atoms with van der Waals surface area (Å²) in [6.07, 6.45) is 0. The van der Waals surface area contributed by atoms with Crippen molar-refractivity contribution in [2.24, 2.45) is 0 Å². The number of amides is 2. The van der Waals surface area contributed by atoms with Gasteiger partial charge in [-0.15, -0.1) is 0 Å². The number of anilines is 1. The number of carbonyl (C=O) groups excluding carboxylic acids is 2. The van der Waals surface area contributed by atoms with Gasteiger partial charge in [0, 0.05) is 24.7 Å². The largest absolute Gasteiger partial charge is 0.494 e. The normalized spacial score (nSPS) is 10.0. The number of rotatable bonds is 10. The number of nitro benzene ring substituents is 1. The van der Waals surface area contributed by atoms with Gasteiger partial charge in [0.2, 0.25) is 5.91 Å². The zero-order valence-corrected chi connectivity index (χ0v) is 15.4. The van der Waals surface area contributed by atoms with E-state index in [0.717, 1.165) is 0 Å². The number of hydrogen-bond donors (Lipinski definition) is 3. The van der Waals surface area contributed by atoms with Gasteiger partial charge in [0.15, 0.2) is 0 Å². The second kappa shape index (κ2) is 10.5. The van der Waals surface area contributed by atoms with Crippen molar-refractivity contribution in [3.05, 3.63) is 64.2 Å². The van der Waals surface area contributed by atoms with Crippen LogP contribution >= 0.6 is 0 Å². The van der Waals surface area contributed by atoms with E-state index in [1.54, 1.807) is 42.5 Å². The predicted octanol–water partition coefficient (Wildman–Crippen LogP) is 1.95. The minimum Gasteiger partial charge on any atom is -0.494 e. The Morgan fingerprint density at radius 1 is 1.04 bits per heavy atom. The van der Waals surface area contributed by atoms with Crippen LogP contribution in [0.4, 0.5) is 11.4 Å². The fourth-order valence-corrected chi connectivity index (χ4v) is 2.38. The van der Waals surface area contributed by atoms with Crippen LogP contribution in [0.25, 0.3) is 0 Å². The van der Waals surface area contributed by atoms with Gasteiger partial charge in [0.05, 0.1) is 18.1 Å². The summed E-state index contributed by atoms with van der Waals surface area (Å²) in [5, 5.41) is 19.0. The van der Waals surface area contributed by atoms with Crippen LogP contribution in [0, 0.1) is 10.1 Å². The zero-order chi connectivity index (χ0) is 20.4. The van der Waals surface area contributed by atoms with Gasteiger partial charge >= 0.3 is 0 Å². The van der Waals surface area contributed by atoms with E-state index in [1.165, 1.54) is 6.07 Å². The summed E-state index contributed by atoms with van der Waals surface area (Å²) < 4.78 is 5.31. The molecule has 2 amide bonds. The predicted molar refractivity (Wildman–Crippen MR) is 105 cm³/mol. The summed E-state index contributed by atoms with van der Waals surface area (Å²) >= 11 is 0. The van der Waals surface area contributed by atoms with Crippen LogP contribution in [0.2, 0.25) is 0 Å². The molecule has 0 radical (unpaired) electrons. The van der Waals surface area contributed by atoms with Crippen molar-refractivity contribution in [1.82, 2.24) is 10.6 Å². The Bertz CT molecular complexity index is 823. The fraction of sp³-hybridized carbons (Fsp3) is 0.263. The standard InChI is InChI=1S/C19H22N4O5/c1-2-28-15-9-7-14(8-10-15)19(25)22-13-18(24)21-12-11-20-16-5-3-4-6-17(16)23(26)27/h3-10,20H,2,11-13H2,1H3,(H,21,24)(H,22,25). The van der Waals surface area contributed by atoms with E-state index in [1.807, 2.05) is 6.92 Å². The van der Waals surface area contributed by atoms with Crippen LogP contribution in [0.1, 0.15) is 17.3 Å².